The van der Waals surface area contributed by atoms with Crippen LogP contribution in [0.1, 0.15) is 12.5 Å². The number of nitrogens with zero attached hydrogens (tertiary/aromatic N) is 2. The second-order valence-electron chi connectivity index (χ2n) is 4.30. The van der Waals surface area contributed by atoms with E-state index in [0.717, 1.165) is 6.54 Å². The SMILES string of the molecule is CCNc1cc(NCCc2ccccc2F)nc(N)n1. The highest BCUT2D eigenvalue weighted by molar-refractivity contribution is 5.50. The highest BCUT2D eigenvalue weighted by Crippen LogP contribution is 2.13. The van der Waals surface area contributed by atoms with Crippen LogP contribution in [0.5, 0.6) is 0 Å². The Hall–Kier alpha value is -2.37. The summed E-state index contributed by atoms with van der Waals surface area (Å²) in [6.45, 7) is 3.30. The highest BCUT2D eigenvalue weighted by atomic mass is 19.1. The van der Waals surface area contributed by atoms with Gasteiger partial charge in [0.05, 0.1) is 0 Å². The van der Waals surface area contributed by atoms with Gasteiger partial charge in [-0.15, -0.1) is 0 Å². The van der Waals surface area contributed by atoms with Gasteiger partial charge in [0.1, 0.15) is 17.5 Å². The summed E-state index contributed by atoms with van der Waals surface area (Å²) in [4.78, 5) is 8.15. The van der Waals surface area contributed by atoms with Crippen molar-refractivity contribution >= 4 is 17.6 Å². The monoisotopic (exact) mass is 275 g/mol. The predicted molar refractivity (Wildman–Crippen MR) is 79.2 cm³/mol. The number of nitrogens with two attached hydrogens (primary N) is 1. The molecule has 20 heavy (non-hydrogen) atoms. The van der Waals surface area contributed by atoms with Crippen LogP contribution in [0, 0.1) is 5.82 Å². The van der Waals surface area contributed by atoms with Crippen LogP contribution < -0.4 is 16.4 Å². The van der Waals surface area contributed by atoms with Crippen molar-refractivity contribution in [3.63, 3.8) is 0 Å². The Morgan fingerprint density at radius 2 is 1.85 bits per heavy atom. The molecule has 1 heterocycles. The van der Waals surface area contributed by atoms with Crippen molar-refractivity contribution in [1.29, 1.82) is 0 Å². The van der Waals surface area contributed by atoms with Gasteiger partial charge in [-0.05, 0) is 25.0 Å². The first-order chi connectivity index (χ1) is 9.69. The molecule has 0 saturated carbocycles. The average Bonchev–Trinajstić information content (AvgIpc) is 2.41. The zero-order valence-electron chi connectivity index (χ0n) is 11.4. The van der Waals surface area contributed by atoms with Gasteiger partial charge >= 0.3 is 0 Å². The van der Waals surface area contributed by atoms with Crippen molar-refractivity contribution in [2.45, 2.75) is 13.3 Å². The molecule has 0 saturated heterocycles. The van der Waals surface area contributed by atoms with Crippen LogP contribution in [0.2, 0.25) is 0 Å². The number of hydrogen-bond acceptors (Lipinski definition) is 5. The van der Waals surface area contributed by atoms with Crippen LogP contribution in [0.3, 0.4) is 0 Å². The normalized spacial score (nSPS) is 10.3. The van der Waals surface area contributed by atoms with E-state index in [-0.39, 0.29) is 11.8 Å². The molecule has 0 bridgehead atoms. The van der Waals surface area contributed by atoms with Gasteiger partial charge in [0.25, 0.3) is 0 Å². The minimum Gasteiger partial charge on any atom is -0.370 e. The van der Waals surface area contributed by atoms with Crippen molar-refractivity contribution in [2.75, 3.05) is 29.5 Å². The van der Waals surface area contributed by atoms with Crippen LogP contribution in [-0.2, 0) is 6.42 Å². The van der Waals surface area contributed by atoms with Gasteiger partial charge in [-0.1, -0.05) is 18.2 Å². The van der Waals surface area contributed by atoms with Crippen molar-refractivity contribution < 1.29 is 4.39 Å². The minimum absolute atomic E-state index is 0.190. The van der Waals surface area contributed by atoms with Crippen LogP contribution in [0.25, 0.3) is 0 Å². The van der Waals surface area contributed by atoms with Crippen LogP contribution in [0.15, 0.2) is 30.3 Å². The first-order valence-electron chi connectivity index (χ1n) is 6.54. The maximum Gasteiger partial charge on any atom is 0.223 e. The molecule has 5 nitrogen and oxygen atoms in total. The number of anilines is 3. The number of hydrogen-bond donors (Lipinski definition) is 3. The molecular formula is C14H18FN5. The Morgan fingerprint density at radius 3 is 2.55 bits per heavy atom. The van der Waals surface area contributed by atoms with Crippen molar-refractivity contribution in [2.24, 2.45) is 0 Å². The molecule has 0 fully saturated rings. The van der Waals surface area contributed by atoms with Crippen LogP contribution >= 0.6 is 0 Å². The quantitative estimate of drug-likeness (QED) is 0.754. The molecule has 0 radical (unpaired) electrons. The number of rotatable bonds is 6. The lowest BCUT2D eigenvalue weighted by Gasteiger charge is -2.09. The third kappa shape index (κ3) is 3.81. The lowest BCUT2D eigenvalue weighted by atomic mass is 10.1. The Labute approximate surface area is 117 Å². The summed E-state index contributed by atoms with van der Waals surface area (Å²) in [5.74, 6) is 1.32. The fraction of sp³-hybridized carbons (Fsp3) is 0.286. The molecule has 0 spiro atoms. The van der Waals surface area contributed by atoms with Crippen molar-refractivity contribution in [3.8, 4) is 0 Å². The molecule has 1 aromatic heterocycles. The topological polar surface area (TPSA) is 75.9 Å². The lowest BCUT2D eigenvalue weighted by molar-refractivity contribution is 0.610. The molecule has 0 aliphatic heterocycles. The van der Waals surface area contributed by atoms with Gasteiger partial charge in [0, 0.05) is 19.2 Å². The number of benzene rings is 1. The van der Waals surface area contributed by atoms with Crippen molar-refractivity contribution in [3.05, 3.63) is 41.7 Å². The summed E-state index contributed by atoms with van der Waals surface area (Å²) in [7, 11) is 0. The van der Waals surface area contributed by atoms with Gasteiger partial charge in [-0.25, -0.2) is 4.39 Å². The molecule has 0 atom stereocenters. The number of nitrogens with one attached hydrogen (secondary N) is 2. The van der Waals surface area contributed by atoms with E-state index in [1.807, 2.05) is 13.0 Å². The zero-order valence-corrected chi connectivity index (χ0v) is 11.4. The second kappa shape index (κ2) is 6.70. The molecule has 0 unspecified atom stereocenters. The van der Waals surface area contributed by atoms with E-state index in [2.05, 4.69) is 20.6 Å². The molecule has 4 N–H and O–H groups in total. The van der Waals surface area contributed by atoms with E-state index in [0.29, 0.717) is 30.2 Å². The van der Waals surface area contributed by atoms with Crippen LogP contribution in [-0.4, -0.2) is 23.1 Å². The second-order valence-corrected chi connectivity index (χ2v) is 4.30. The third-order valence-corrected chi connectivity index (χ3v) is 2.76. The summed E-state index contributed by atoms with van der Waals surface area (Å²) in [6.07, 6.45) is 0.577. The van der Waals surface area contributed by atoms with E-state index < -0.39 is 0 Å². The molecular weight excluding hydrogens is 257 g/mol. The molecule has 0 aliphatic rings. The Morgan fingerprint density at radius 1 is 1.15 bits per heavy atom. The molecule has 6 heteroatoms. The summed E-state index contributed by atoms with van der Waals surface area (Å²) >= 11 is 0. The lowest BCUT2D eigenvalue weighted by Crippen LogP contribution is -2.10. The Kier molecular flexibility index (Phi) is 4.70. The van der Waals surface area contributed by atoms with Gasteiger partial charge in [-0.2, -0.15) is 9.97 Å². The fourth-order valence-electron chi connectivity index (χ4n) is 1.85. The average molecular weight is 275 g/mol. The Balaban J connectivity index is 1.95. The third-order valence-electron chi connectivity index (χ3n) is 2.76. The first kappa shape index (κ1) is 14.0. The molecule has 2 rings (SSSR count). The maximum absolute atomic E-state index is 13.5. The standard InChI is InChI=1S/C14H18FN5/c1-2-17-12-9-13(20-14(16)19-12)18-8-7-10-5-3-4-6-11(10)15/h3-6,9H,2,7-8H2,1H3,(H4,16,17,18,19,20). The summed E-state index contributed by atoms with van der Waals surface area (Å²) in [5.41, 5.74) is 6.31. The first-order valence-corrected chi connectivity index (χ1v) is 6.54. The van der Waals surface area contributed by atoms with Gasteiger partial charge in [-0.3, -0.25) is 0 Å². The number of nitrogen functional groups attached to an aromatic ring is 1. The molecule has 106 valence electrons. The number of aromatic nitrogens is 2. The van der Waals surface area contributed by atoms with E-state index in [4.69, 9.17) is 5.73 Å². The summed E-state index contributed by atoms with van der Waals surface area (Å²) in [5, 5.41) is 6.20. The molecule has 0 aliphatic carbocycles. The smallest absolute Gasteiger partial charge is 0.223 e. The van der Waals surface area contributed by atoms with Gasteiger partial charge in [0.2, 0.25) is 5.95 Å². The Bertz CT molecular complexity index is 573. The molecule has 1 aromatic carbocycles. The summed E-state index contributed by atoms with van der Waals surface area (Å²) < 4.78 is 13.5. The van der Waals surface area contributed by atoms with Crippen molar-refractivity contribution in [1.82, 2.24) is 9.97 Å². The largest absolute Gasteiger partial charge is 0.370 e. The van der Waals surface area contributed by atoms with Gasteiger partial charge < -0.3 is 16.4 Å². The highest BCUT2D eigenvalue weighted by Gasteiger charge is 2.03. The van der Waals surface area contributed by atoms with E-state index >= 15 is 0 Å². The number of halogens is 1. The predicted octanol–water partition coefficient (Wildman–Crippen LogP) is 2.28. The maximum atomic E-state index is 13.5. The van der Waals surface area contributed by atoms with E-state index in [1.54, 1.807) is 18.2 Å². The zero-order chi connectivity index (χ0) is 14.4. The van der Waals surface area contributed by atoms with Gasteiger partial charge in [0.15, 0.2) is 0 Å². The van der Waals surface area contributed by atoms with Crippen LogP contribution in [0.4, 0.5) is 22.0 Å². The van der Waals surface area contributed by atoms with E-state index in [1.165, 1.54) is 6.07 Å². The minimum atomic E-state index is -0.190. The fourth-order valence-corrected chi connectivity index (χ4v) is 1.85. The molecule has 2 aromatic rings. The van der Waals surface area contributed by atoms with E-state index in [9.17, 15) is 4.39 Å². The summed E-state index contributed by atoms with van der Waals surface area (Å²) in [6, 6.07) is 8.52. The molecule has 0 amide bonds.